The number of aromatic nitrogens is 2. The average molecular weight is 409 g/mol. The largest absolute Gasteiger partial charge is 0.325 e. The number of nitrogens with zero attached hydrogens (tertiary/aromatic N) is 3. The Labute approximate surface area is 181 Å². The second-order valence-electron chi connectivity index (χ2n) is 7.83. The molecule has 1 fully saturated rings. The lowest BCUT2D eigenvalue weighted by Crippen LogP contribution is -2.38. The van der Waals surface area contributed by atoms with Crippen molar-refractivity contribution in [3.63, 3.8) is 0 Å². The Balaban J connectivity index is 1.55. The van der Waals surface area contributed by atoms with Gasteiger partial charge in [-0.15, -0.1) is 0 Å². The van der Waals surface area contributed by atoms with Crippen molar-refractivity contribution in [2.75, 3.05) is 18.4 Å². The summed E-state index contributed by atoms with van der Waals surface area (Å²) in [6.07, 6.45) is 3.33. The molecule has 0 atom stereocenters. The summed E-state index contributed by atoms with van der Waals surface area (Å²) in [5, 5.41) is 3.03. The van der Waals surface area contributed by atoms with E-state index in [1.165, 1.54) is 6.42 Å². The van der Waals surface area contributed by atoms with E-state index < -0.39 is 0 Å². The van der Waals surface area contributed by atoms with Crippen molar-refractivity contribution in [3.05, 3.63) is 78.9 Å². The third-order valence-corrected chi connectivity index (χ3v) is 5.65. The highest BCUT2D eigenvalue weighted by Gasteiger charge is 2.17. The Hall–Kier alpha value is -3.73. The van der Waals surface area contributed by atoms with E-state index in [9.17, 15) is 4.79 Å². The van der Waals surface area contributed by atoms with Crippen LogP contribution in [0.2, 0.25) is 0 Å². The van der Waals surface area contributed by atoms with Gasteiger partial charge in [0.2, 0.25) is 0 Å². The Morgan fingerprint density at radius 3 is 1.90 bits per heavy atom. The maximum atomic E-state index is 12.6. The van der Waals surface area contributed by atoms with Crippen molar-refractivity contribution in [2.24, 2.45) is 0 Å². The molecule has 0 bridgehead atoms. The van der Waals surface area contributed by atoms with Gasteiger partial charge in [-0.25, -0.2) is 14.8 Å². The van der Waals surface area contributed by atoms with Crippen LogP contribution in [0.25, 0.3) is 33.5 Å². The van der Waals surface area contributed by atoms with Crippen molar-refractivity contribution >= 4 is 22.8 Å². The van der Waals surface area contributed by atoms with Crippen molar-refractivity contribution in [3.8, 4) is 22.5 Å². The molecule has 0 radical (unpaired) electrons. The lowest BCUT2D eigenvalue weighted by molar-refractivity contribution is 0.200. The van der Waals surface area contributed by atoms with E-state index in [0.29, 0.717) is 0 Å². The fourth-order valence-corrected chi connectivity index (χ4v) is 4.03. The number of hydrogen-bond donors (Lipinski definition) is 1. The molecule has 4 aromatic rings. The van der Waals surface area contributed by atoms with Gasteiger partial charge in [-0.2, -0.15) is 0 Å². The first-order valence-electron chi connectivity index (χ1n) is 10.8. The van der Waals surface area contributed by atoms with Gasteiger partial charge in [-0.1, -0.05) is 60.7 Å². The molecule has 5 nitrogen and oxygen atoms in total. The lowest BCUT2D eigenvalue weighted by atomic mass is 10.0. The third kappa shape index (κ3) is 4.12. The summed E-state index contributed by atoms with van der Waals surface area (Å²) < 4.78 is 0. The molecule has 31 heavy (non-hydrogen) atoms. The zero-order valence-electron chi connectivity index (χ0n) is 17.3. The molecule has 1 aliphatic rings. The van der Waals surface area contributed by atoms with Crippen LogP contribution in [0.4, 0.5) is 10.5 Å². The summed E-state index contributed by atoms with van der Waals surface area (Å²) in [6, 6.07) is 25.9. The van der Waals surface area contributed by atoms with Crippen LogP contribution in [-0.4, -0.2) is 34.0 Å². The zero-order chi connectivity index (χ0) is 21.0. The number of likely N-dealkylation sites (tertiary alicyclic amines) is 1. The number of piperidine rings is 1. The summed E-state index contributed by atoms with van der Waals surface area (Å²) >= 11 is 0. The minimum atomic E-state index is -0.0452. The lowest BCUT2D eigenvalue weighted by Gasteiger charge is -2.26. The Bertz CT molecular complexity index is 1200. The van der Waals surface area contributed by atoms with Crippen LogP contribution in [0.5, 0.6) is 0 Å². The normalized spacial score (nSPS) is 13.9. The van der Waals surface area contributed by atoms with Crippen molar-refractivity contribution in [1.82, 2.24) is 14.9 Å². The van der Waals surface area contributed by atoms with Gasteiger partial charge >= 0.3 is 6.03 Å². The molecule has 0 unspecified atom stereocenters. The molecular formula is C26H24N4O. The van der Waals surface area contributed by atoms with E-state index in [4.69, 9.17) is 9.97 Å². The highest BCUT2D eigenvalue weighted by Crippen LogP contribution is 2.31. The van der Waals surface area contributed by atoms with Gasteiger partial charge in [0.1, 0.15) is 0 Å². The zero-order valence-corrected chi connectivity index (χ0v) is 17.3. The number of rotatable bonds is 3. The second kappa shape index (κ2) is 8.56. The van der Waals surface area contributed by atoms with Crippen molar-refractivity contribution < 1.29 is 4.79 Å². The molecule has 2 amide bonds. The fraction of sp³-hybridized carbons (Fsp3) is 0.192. The Kier molecular flexibility index (Phi) is 5.31. The minimum absolute atomic E-state index is 0.0452. The molecular weight excluding hydrogens is 384 g/mol. The van der Waals surface area contributed by atoms with E-state index in [2.05, 4.69) is 17.4 Å². The molecule has 3 aromatic carbocycles. The fourth-order valence-electron chi connectivity index (χ4n) is 4.03. The Morgan fingerprint density at radius 2 is 1.29 bits per heavy atom. The molecule has 1 saturated heterocycles. The highest BCUT2D eigenvalue weighted by molar-refractivity contribution is 5.93. The van der Waals surface area contributed by atoms with E-state index in [0.717, 1.165) is 65.2 Å². The number of benzene rings is 3. The van der Waals surface area contributed by atoms with Crippen LogP contribution >= 0.6 is 0 Å². The predicted molar refractivity (Wildman–Crippen MR) is 125 cm³/mol. The first kappa shape index (κ1) is 19.2. The van der Waals surface area contributed by atoms with Crippen LogP contribution in [-0.2, 0) is 0 Å². The number of hydrogen-bond acceptors (Lipinski definition) is 3. The number of carbonyl (C=O) groups is 1. The summed E-state index contributed by atoms with van der Waals surface area (Å²) in [4.78, 5) is 24.4. The number of carbonyl (C=O) groups excluding carboxylic acids is 1. The van der Waals surface area contributed by atoms with Gasteiger partial charge in [-0.05, 0) is 37.5 Å². The number of amides is 2. The van der Waals surface area contributed by atoms with Crippen molar-refractivity contribution in [2.45, 2.75) is 19.3 Å². The molecule has 5 rings (SSSR count). The molecule has 5 heteroatoms. The van der Waals surface area contributed by atoms with Gasteiger partial charge < -0.3 is 10.2 Å². The number of fused-ring (bicyclic) bond motifs is 1. The molecule has 0 saturated carbocycles. The predicted octanol–water partition coefficient (Wildman–Crippen LogP) is 5.98. The number of anilines is 1. The minimum Gasteiger partial charge on any atom is -0.325 e. The molecule has 1 aliphatic heterocycles. The molecule has 2 heterocycles. The SMILES string of the molecule is O=C(Nc1ccc2nc(-c3ccccc3)c(-c3ccccc3)nc2c1)N1CCCCC1. The number of urea groups is 1. The van der Waals surface area contributed by atoms with Gasteiger partial charge in [-0.3, -0.25) is 0 Å². The monoisotopic (exact) mass is 408 g/mol. The third-order valence-electron chi connectivity index (χ3n) is 5.65. The maximum absolute atomic E-state index is 12.6. The molecule has 154 valence electrons. The maximum Gasteiger partial charge on any atom is 0.321 e. The van der Waals surface area contributed by atoms with Gasteiger partial charge in [0.15, 0.2) is 0 Å². The molecule has 0 spiro atoms. The Morgan fingerprint density at radius 1 is 0.710 bits per heavy atom. The van der Waals surface area contributed by atoms with Crippen LogP contribution in [0.15, 0.2) is 78.9 Å². The number of nitrogens with one attached hydrogen (secondary N) is 1. The van der Waals surface area contributed by atoms with E-state index in [1.54, 1.807) is 0 Å². The summed E-state index contributed by atoms with van der Waals surface area (Å²) in [6.45, 7) is 1.63. The summed E-state index contributed by atoms with van der Waals surface area (Å²) in [5.74, 6) is 0. The quantitative estimate of drug-likeness (QED) is 0.453. The van der Waals surface area contributed by atoms with Crippen LogP contribution in [0.3, 0.4) is 0 Å². The van der Waals surface area contributed by atoms with Crippen LogP contribution in [0.1, 0.15) is 19.3 Å². The van der Waals surface area contributed by atoms with Gasteiger partial charge in [0.25, 0.3) is 0 Å². The highest BCUT2D eigenvalue weighted by atomic mass is 16.2. The van der Waals surface area contributed by atoms with Crippen LogP contribution in [0, 0.1) is 0 Å². The van der Waals surface area contributed by atoms with Crippen LogP contribution < -0.4 is 5.32 Å². The average Bonchev–Trinajstić information content (AvgIpc) is 2.85. The standard InChI is InChI=1S/C26H24N4O/c31-26(30-16-8-3-9-17-30)27-21-14-15-22-23(18-21)29-25(20-12-6-2-7-13-20)24(28-22)19-10-4-1-5-11-19/h1-2,4-7,10-15,18H,3,8-9,16-17H2,(H,27,31). The summed E-state index contributed by atoms with van der Waals surface area (Å²) in [5.41, 5.74) is 6.02. The van der Waals surface area contributed by atoms with E-state index >= 15 is 0 Å². The summed E-state index contributed by atoms with van der Waals surface area (Å²) in [7, 11) is 0. The smallest absolute Gasteiger partial charge is 0.321 e. The van der Waals surface area contributed by atoms with E-state index in [1.807, 2.05) is 71.6 Å². The van der Waals surface area contributed by atoms with Gasteiger partial charge in [0, 0.05) is 29.9 Å². The second-order valence-corrected chi connectivity index (χ2v) is 7.83. The topological polar surface area (TPSA) is 58.1 Å². The first-order chi connectivity index (χ1) is 15.3. The molecule has 0 aliphatic carbocycles. The van der Waals surface area contributed by atoms with Crippen molar-refractivity contribution in [1.29, 1.82) is 0 Å². The molecule has 1 N–H and O–H groups in total. The molecule has 1 aromatic heterocycles. The first-order valence-corrected chi connectivity index (χ1v) is 10.8. The van der Waals surface area contributed by atoms with Gasteiger partial charge in [0.05, 0.1) is 22.4 Å². The van der Waals surface area contributed by atoms with E-state index in [-0.39, 0.29) is 6.03 Å².